The summed E-state index contributed by atoms with van der Waals surface area (Å²) in [5.74, 6) is 0.197. The lowest BCUT2D eigenvalue weighted by molar-refractivity contribution is 0.0586. The van der Waals surface area contributed by atoms with Crippen LogP contribution in [-0.2, 0) is 4.74 Å². The van der Waals surface area contributed by atoms with Crippen LogP contribution in [0.25, 0.3) is 0 Å². The van der Waals surface area contributed by atoms with E-state index in [4.69, 9.17) is 4.74 Å². The number of hydrogen-bond acceptors (Lipinski definition) is 5. The maximum absolute atomic E-state index is 11.6. The quantitative estimate of drug-likeness (QED) is 0.856. The number of hydrogen-bond donors (Lipinski definition) is 1. The summed E-state index contributed by atoms with van der Waals surface area (Å²) in [6.07, 6.45) is 0.904. The Morgan fingerprint density at radius 3 is 3.00 bits per heavy atom. The van der Waals surface area contributed by atoms with Crippen molar-refractivity contribution in [2.45, 2.75) is 26.3 Å². The number of nitrogens with zero attached hydrogens (tertiary/aromatic N) is 3. The van der Waals surface area contributed by atoms with Crippen LogP contribution in [0.3, 0.4) is 0 Å². The molecule has 21 heavy (non-hydrogen) atoms. The normalized spacial score (nSPS) is 17.0. The number of carbonyl (C=O) groups excluding carboxylic acids is 1. The van der Waals surface area contributed by atoms with Gasteiger partial charge in [-0.2, -0.15) is 4.98 Å². The van der Waals surface area contributed by atoms with E-state index in [0.717, 1.165) is 13.0 Å². The van der Waals surface area contributed by atoms with Crippen molar-refractivity contribution in [3.05, 3.63) is 40.7 Å². The van der Waals surface area contributed by atoms with Crippen molar-refractivity contribution in [3.8, 4) is 0 Å². The first-order chi connectivity index (χ1) is 10.1. The van der Waals surface area contributed by atoms with E-state index in [0.29, 0.717) is 5.95 Å². The van der Waals surface area contributed by atoms with Gasteiger partial charge in [-0.05, 0) is 31.4 Å². The molecule has 1 aliphatic rings. The number of nitrogens with one attached hydrogen (secondary N) is 1. The number of aromatic nitrogens is 3. The summed E-state index contributed by atoms with van der Waals surface area (Å²) in [5.41, 5.74) is 3.65. The smallest absolute Gasteiger partial charge is 0.378 e. The van der Waals surface area contributed by atoms with Crippen LogP contribution in [0.1, 0.15) is 39.8 Å². The lowest BCUT2D eigenvalue weighted by atomic mass is 9.96. The number of rotatable bonds is 2. The molecule has 1 aliphatic heterocycles. The SMILES string of the molecule is COC(=O)c1nc2n(n1)C(c1cc(C)ccc1C)CCN2. The molecule has 1 aromatic carbocycles. The second kappa shape index (κ2) is 5.20. The average Bonchev–Trinajstić information content (AvgIpc) is 2.93. The Morgan fingerprint density at radius 1 is 1.43 bits per heavy atom. The second-order valence-corrected chi connectivity index (χ2v) is 5.29. The van der Waals surface area contributed by atoms with E-state index in [1.165, 1.54) is 23.8 Å². The number of carbonyl (C=O) groups is 1. The molecular formula is C15H18N4O2. The van der Waals surface area contributed by atoms with Gasteiger partial charge in [0.05, 0.1) is 13.2 Å². The first-order valence-electron chi connectivity index (χ1n) is 6.96. The van der Waals surface area contributed by atoms with Gasteiger partial charge in [-0.15, -0.1) is 5.10 Å². The molecule has 1 N–H and O–H groups in total. The van der Waals surface area contributed by atoms with Gasteiger partial charge in [0.2, 0.25) is 5.95 Å². The van der Waals surface area contributed by atoms with Gasteiger partial charge in [0.15, 0.2) is 0 Å². The van der Waals surface area contributed by atoms with Crippen molar-refractivity contribution in [1.29, 1.82) is 0 Å². The number of ether oxygens (including phenoxy) is 1. The Morgan fingerprint density at radius 2 is 2.24 bits per heavy atom. The number of fused-ring (bicyclic) bond motifs is 1. The zero-order valence-corrected chi connectivity index (χ0v) is 12.4. The Bertz CT molecular complexity index is 693. The highest BCUT2D eigenvalue weighted by molar-refractivity contribution is 5.85. The maximum atomic E-state index is 11.6. The Hall–Kier alpha value is -2.37. The summed E-state index contributed by atoms with van der Waals surface area (Å²) >= 11 is 0. The molecule has 1 atom stereocenters. The van der Waals surface area contributed by atoms with Crippen LogP contribution in [0.2, 0.25) is 0 Å². The van der Waals surface area contributed by atoms with Gasteiger partial charge in [-0.3, -0.25) is 0 Å². The highest BCUT2D eigenvalue weighted by atomic mass is 16.5. The lowest BCUT2D eigenvalue weighted by Crippen LogP contribution is -2.25. The molecule has 0 fully saturated rings. The number of esters is 1. The third-order valence-electron chi connectivity index (χ3n) is 3.79. The molecule has 0 spiro atoms. The van der Waals surface area contributed by atoms with E-state index in [1.807, 2.05) is 0 Å². The minimum atomic E-state index is -0.515. The number of methoxy groups -OCH3 is 1. The molecule has 0 radical (unpaired) electrons. The van der Waals surface area contributed by atoms with Crippen molar-refractivity contribution in [2.75, 3.05) is 19.0 Å². The first kappa shape index (κ1) is 13.6. The molecule has 0 aliphatic carbocycles. The van der Waals surface area contributed by atoms with Gasteiger partial charge in [0.25, 0.3) is 5.82 Å². The van der Waals surface area contributed by atoms with Gasteiger partial charge in [0, 0.05) is 6.54 Å². The van der Waals surface area contributed by atoms with Gasteiger partial charge >= 0.3 is 5.97 Å². The molecule has 0 amide bonds. The van der Waals surface area contributed by atoms with Crippen molar-refractivity contribution in [3.63, 3.8) is 0 Å². The summed E-state index contributed by atoms with van der Waals surface area (Å²) in [6.45, 7) is 4.97. The fourth-order valence-corrected chi connectivity index (χ4v) is 2.69. The standard InChI is InChI=1S/C15H18N4O2/c1-9-4-5-10(2)11(8-9)12-6-7-16-15-17-13(14(20)21-3)18-19(12)15/h4-5,8,12H,6-7H2,1-3H3,(H,16,17,18). The monoisotopic (exact) mass is 286 g/mol. The molecule has 2 aromatic rings. The van der Waals surface area contributed by atoms with Gasteiger partial charge in [-0.25, -0.2) is 9.48 Å². The van der Waals surface area contributed by atoms with Crippen LogP contribution in [0.4, 0.5) is 5.95 Å². The van der Waals surface area contributed by atoms with Crippen molar-refractivity contribution in [2.24, 2.45) is 0 Å². The third kappa shape index (κ3) is 2.37. The minimum absolute atomic E-state index is 0.0899. The molecule has 0 saturated heterocycles. The van der Waals surface area contributed by atoms with Gasteiger partial charge in [0.1, 0.15) is 0 Å². The van der Waals surface area contributed by atoms with Crippen LogP contribution in [0, 0.1) is 13.8 Å². The Labute approximate surface area is 123 Å². The van der Waals surface area contributed by atoms with Gasteiger partial charge in [-0.1, -0.05) is 23.8 Å². The van der Waals surface area contributed by atoms with E-state index >= 15 is 0 Å². The molecule has 6 heteroatoms. The first-order valence-corrected chi connectivity index (χ1v) is 6.96. The highest BCUT2D eigenvalue weighted by Crippen LogP contribution is 2.30. The summed E-state index contributed by atoms with van der Waals surface area (Å²) in [7, 11) is 1.33. The summed E-state index contributed by atoms with van der Waals surface area (Å²) in [4.78, 5) is 15.8. The number of aryl methyl sites for hydroxylation is 2. The molecule has 1 aromatic heterocycles. The van der Waals surface area contributed by atoms with Crippen LogP contribution < -0.4 is 5.32 Å². The number of benzene rings is 1. The second-order valence-electron chi connectivity index (χ2n) is 5.29. The Balaban J connectivity index is 2.06. The summed E-state index contributed by atoms with van der Waals surface area (Å²) in [5, 5.41) is 7.50. The molecular weight excluding hydrogens is 268 g/mol. The highest BCUT2D eigenvalue weighted by Gasteiger charge is 2.27. The largest absolute Gasteiger partial charge is 0.463 e. The molecule has 110 valence electrons. The van der Waals surface area contributed by atoms with Crippen LogP contribution >= 0.6 is 0 Å². The van der Waals surface area contributed by atoms with E-state index in [-0.39, 0.29) is 11.9 Å². The zero-order valence-electron chi connectivity index (χ0n) is 12.4. The fraction of sp³-hybridized carbons (Fsp3) is 0.400. The predicted molar refractivity (Wildman–Crippen MR) is 78.5 cm³/mol. The average molecular weight is 286 g/mol. The molecule has 1 unspecified atom stereocenters. The van der Waals surface area contributed by atoms with E-state index in [9.17, 15) is 4.79 Å². The van der Waals surface area contributed by atoms with Crippen LogP contribution in [0.5, 0.6) is 0 Å². The van der Waals surface area contributed by atoms with Crippen molar-refractivity contribution >= 4 is 11.9 Å². The molecule has 2 heterocycles. The molecule has 0 saturated carbocycles. The lowest BCUT2D eigenvalue weighted by Gasteiger charge is -2.26. The summed E-state index contributed by atoms with van der Waals surface area (Å²) < 4.78 is 6.48. The Kier molecular flexibility index (Phi) is 3.37. The van der Waals surface area contributed by atoms with Crippen molar-refractivity contribution < 1.29 is 9.53 Å². The third-order valence-corrected chi connectivity index (χ3v) is 3.79. The topological polar surface area (TPSA) is 69.0 Å². The number of anilines is 1. The van der Waals surface area contributed by atoms with Crippen LogP contribution in [0.15, 0.2) is 18.2 Å². The predicted octanol–water partition coefficient (Wildman–Crippen LogP) is 2.09. The molecule has 0 bridgehead atoms. The zero-order chi connectivity index (χ0) is 15.0. The molecule has 3 rings (SSSR count). The molecule has 6 nitrogen and oxygen atoms in total. The van der Waals surface area contributed by atoms with Crippen LogP contribution in [-0.4, -0.2) is 34.4 Å². The van der Waals surface area contributed by atoms with Crippen molar-refractivity contribution in [1.82, 2.24) is 14.8 Å². The fourth-order valence-electron chi connectivity index (χ4n) is 2.69. The minimum Gasteiger partial charge on any atom is -0.463 e. The van der Waals surface area contributed by atoms with E-state index in [1.54, 1.807) is 4.68 Å². The van der Waals surface area contributed by atoms with E-state index < -0.39 is 5.97 Å². The van der Waals surface area contributed by atoms with Gasteiger partial charge < -0.3 is 10.1 Å². The van der Waals surface area contributed by atoms with E-state index in [2.05, 4.69) is 47.4 Å². The maximum Gasteiger partial charge on any atom is 0.378 e. The summed E-state index contributed by atoms with van der Waals surface area (Å²) in [6, 6.07) is 6.48.